The van der Waals surface area contributed by atoms with Gasteiger partial charge in [0.25, 0.3) is 0 Å². The van der Waals surface area contributed by atoms with Crippen LogP contribution in [0.15, 0.2) is 10.4 Å². The number of thiazole rings is 1. The van der Waals surface area contributed by atoms with Crippen molar-refractivity contribution in [3.05, 3.63) is 16.1 Å². The molecule has 1 aliphatic heterocycles. The summed E-state index contributed by atoms with van der Waals surface area (Å²) in [7, 11) is 2.15. The van der Waals surface area contributed by atoms with E-state index in [4.69, 9.17) is 0 Å². The third-order valence-electron chi connectivity index (χ3n) is 4.32. The number of hydrogen-bond acceptors (Lipinski definition) is 5. The first-order valence-electron chi connectivity index (χ1n) is 9.33. The summed E-state index contributed by atoms with van der Waals surface area (Å²) in [6.07, 6.45) is -2.77. The monoisotopic (exact) mass is 534 g/mol. The highest BCUT2D eigenvalue weighted by Crippen LogP contribution is 2.29. The van der Waals surface area contributed by atoms with E-state index in [1.807, 2.05) is 6.92 Å². The van der Waals surface area contributed by atoms with Crippen LogP contribution in [0, 0.1) is 0 Å². The zero-order chi connectivity index (χ0) is 19.7. The van der Waals surface area contributed by atoms with E-state index in [-0.39, 0.29) is 24.0 Å². The molecule has 2 N–H and O–H groups in total. The van der Waals surface area contributed by atoms with Gasteiger partial charge in [-0.15, -0.1) is 35.3 Å². The fourth-order valence-corrected chi connectivity index (χ4v) is 3.62. The Balaban J connectivity index is 0.00000392. The van der Waals surface area contributed by atoms with Crippen molar-refractivity contribution < 1.29 is 13.2 Å². The summed E-state index contributed by atoms with van der Waals surface area (Å²) in [4.78, 5) is 13.0. The second kappa shape index (κ2) is 12.8. The van der Waals surface area contributed by atoms with E-state index in [1.165, 1.54) is 6.42 Å². The standard InChI is InChI=1S/C17H29F3N6S.HI/c1-3-21-16(23-7-10-26-9-4-8-25(2)11-12-26)22-6-5-15-24-14(13-27-15)17(18,19)20;/h13H,3-12H2,1-2H3,(H2,21,22,23);1H. The summed E-state index contributed by atoms with van der Waals surface area (Å²) >= 11 is 1.04. The quantitative estimate of drug-likeness (QED) is 0.320. The first kappa shape index (κ1) is 25.4. The van der Waals surface area contributed by atoms with Gasteiger partial charge in [0.1, 0.15) is 0 Å². The van der Waals surface area contributed by atoms with Crippen LogP contribution in [0.5, 0.6) is 0 Å². The molecule has 1 saturated heterocycles. The smallest absolute Gasteiger partial charge is 0.357 e. The molecule has 6 nitrogen and oxygen atoms in total. The van der Waals surface area contributed by atoms with Gasteiger partial charge in [-0.3, -0.25) is 4.99 Å². The number of halogens is 4. The molecule has 2 heterocycles. The second-order valence-electron chi connectivity index (χ2n) is 6.56. The molecule has 162 valence electrons. The van der Waals surface area contributed by atoms with Crippen molar-refractivity contribution in [2.24, 2.45) is 4.99 Å². The van der Waals surface area contributed by atoms with Crippen molar-refractivity contribution in [2.75, 3.05) is 59.4 Å². The Morgan fingerprint density at radius 3 is 2.71 bits per heavy atom. The molecule has 0 unspecified atom stereocenters. The van der Waals surface area contributed by atoms with Gasteiger partial charge in [0.05, 0.1) is 11.6 Å². The molecule has 1 aliphatic rings. The van der Waals surface area contributed by atoms with Crippen LogP contribution in [-0.4, -0.2) is 80.1 Å². The summed E-state index contributed by atoms with van der Waals surface area (Å²) in [6.45, 7) is 9.17. The number of nitrogens with one attached hydrogen (secondary N) is 2. The summed E-state index contributed by atoms with van der Waals surface area (Å²) in [5.74, 6) is 0.692. The van der Waals surface area contributed by atoms with E-state index in [2.05, 4.69) is 37.5 Å². The predicted molar refractivity (Wildman–Crippen MR) is 119 cm³/mol. The Morgan fingerprint density at radius 2 is 2.04 bits per heavy atom. The van der Waals surface area contributed by atoms with Crippen molar-refractivity contribution in [2.45, 2.75) is 25.9 Å². The van der Waals surface area contributed by atoms with Crippen LogP contribution in [0.25, 0.3) is 0 Å². The van der Waals surface area contributed by atoms with Gasteiger partial charge in [0.15, 0.2) is 11.7 Å². The lowest BCUT2D eigenvalue weighted by Gasteiger charge is -2.19. The Labute approximate surface area is 186 Å². The lowest BCUT2D eigenvalue weighted by Crippen LogP contribution is -2.39. The molecule has 2 rings (SSSR count). The molecule has 0 saturated carbocycles. The van der Waals surface area contributed by atoms with Crippen LogP contribution < -0.4 is 10.6 Å². The molecule has 0 radical (unpaired) electrons. The molecule has 0 amide bonds. The number of alkyl halides is 3. The van der Waals surface area contributed by atoms with E-state index < -0.39 is 11.9 Å². The normalized spacial score (nSPS) is 17.1. The number of guanidine groups is 1. The summed E-state index contributed by atoms with van der Waals surface area (Å²) < 4.78 is 37.8. The van der Waals surface area contributed by atoms with E-state index >= 15 is 0 Å². The van der Waals surface area contributed by atoms with Crippen molar-refractivity contribution in [1.29, 1.82) is 0 Å². The molecule has 1 fully saturated rings. The predicted octanol–water partition coefficient (Wildman–Crippen LogP) is 2.52. The number of aliphatic imine (C=N–C) groups is 1. The minimum atomic E-state index is -4.37. The van der Waals surface area contributed by atoms with Gasteiger partial charge in [0, 0.05) is 44.5 Å². The molecule has 0 atom stereocenters. The molecular formula is C17H30F3IN6S. The molecular weight excluding hydrogens is 504 g/mol. The van der Waals surface area contributed by atoms with Crippen molar-refractivity contribution in [1.82, 2.24) is 25.4 Å². The molecule has 0 bridgehead atoms. The van der Waals surface area contributed by atoms with Gasteiger partial charge in [-0.05, 0) is 33.5 Å². The van der Waals surface area contributed by atoms with Crippen LogP contribution in [0.1, 0.15) is 24.0 Å². The minimum absolute atomic E-state index is 0. The highest BCUT2D eigenvalue weighted by Gasteiger charge is 2.33. The second-order valence-corrected chi connectivity index (χ2v) is 7.50. The van der Waals surface area contributed by atoms with Crippen LogP contribution in [-0.2, 0) is 12.6 Å². The van der Waals surface area contributed by atoms with Gasteiger partial charge in [0.2, 0.25) is 0 Å². The first-order valence-corrected chi connectivity index (χ1v) is 10.2. The molecule has 1 aromatic rings. The molecule has 28 heavy (non-hydrogen) atoms. The highest BCUT2D eigenvalue weighted by molar-refractivity contribution is 14.0. The Hall–Kier alpha value is -0.660. The maximum Gasteiger partial charge on any atom is 0.434 e. The number of nitrogens with zero attached hydrogens (tertiary/aromatic N) is 4. The molecule has 0 aromatic carbocycles. The van der Waals surface area contributed by atoms with E-state index in [9.17, 15) is 13.2 Å². The van der Waals surface area contributed by atoms with Crippen molar-refractivity contribution in [3.8, 4) is 0 Å². The third-order valence-corrected chi connectivity index (χ3v) is 5.22. The zero-order valence-electron chi connectivity index (χ0n) is 16.4. The van der Waals surface area contributed by atoms with E-state index in [0.717, 1.165) is 56.0 Å². The maximum absolute atomic E-state index is 12.6. The van der Waals surface area contributed by atoms with Crippen LogP contribution in [0.3, 0.4) is 0 Å². The summed E-state index contributed by atoms with van der Waals surface area (Å²) in [6, 6.07) is 0. The molecule has 0 spiro atoms. The minimum Gasteiger partial charge on any atom is -0.357 e. The lowest BCUT2D eigenvalue weighted by molar-refractivity contribution is -0.140. The Kier molecular flexibility index (Phi) is 11.6. The third kappa shape index (κ3) is 9.23. The van der Waals surface area contributed by atoms with Gasteiger partial charge in [-0.2, -0.15) is 13.2 Å². The van der Waals surface area contributed by atoms with E-state index in [0.29, 0.717) is 30.5 Å². The average molecular weight is 534 g/mol. The summed E-state index contributed by atoms with van der Waals surface area (Å²) in [5.41, 5.74) is -0.814. The van der Waals surface area contributed by atoms with Crippen LogP contribution in [0.2, 0.25) is 0 Å². The fourth-order valence-electron chi connectivity index (χ4n) is 2.81. The van der Waals surface area contributed by atoms with Crippen LogP contribution in [0.4, 0.5) is 13.2 Å². The van der Waals surface area contributed by atoms with E-state index in [1.54, 1.807) is 0 Å². The molecule has 11 heteroatoms. The van der Waals surface area contributed by atoms with Gasteiger partial charge in [-0.1, -0.05) is 0 Å². The number of rotatable bonds is 7. The SMILES string of the molecule is CCNC(=NCCN1CCCN(C)CC1)NCCc1nc(C(F)(F)F)cs1.I. The summed E-state index contributed by atoms with van der Waals surface area (Å²) in [5, 5.41) is 7.88. The van der Waals surface area contributed by atoms with Gasteiger partial charge >= 0.3 is 6.18 Å². The Bertz CT molecular complexity index is 596. The van der Waals surface area contributed by atoms with Crippen molar-refractivity contribution in [3.63, 3.8) is 0 Å². The van der Waals surface area contributed by atoms with Crippen molar-refractivity contribution >= 4 is 41.3 Å². The largest absolute Gasteiger partial charge is 0.434 e. The maximum atomic E-state index is 12.6. The topological polar surface area (TPSA) is 55.8 Å². The molecule has 1 aromatic heterocycles. The van der Waals surface area contributed by atoms with Gasteiger partial charge in [-0.25, -0.2) is 4.98 Å². The Morgan fingerprint density at radius 1 is 1.25 bits per heavy atom. The average Bonchev–Trinajstić information content (AvgIpc) is 2.99. The number of aromatic nitrogens is 1. The lowest BCUT2D eigenvalue weighted by atomic mass is 10.4. The van der Waals surface area contributed by atoms with Gasteiger partial charge < -0.3 is 20.4 Å². The van der Waals surface area contributed by atoms with Crippen LogP contribution >= 0.6 is 35.3 Å². The molecule has 0 aliphatic carbocycles. The highest BCUT2D eigenvalue weighted by atomic mass is 127. The number of likely N-dealkylation sites (N-methyl/N-ethyl adjacent to an activating group) is 1. The fraction of sp³-hybridized carbons (Fsp3) is 0.765. The number of hydrogen-bond donors (Lipinski definition) is 2. The first-order chi connectivity index (χ1) is 12.9. The zero-order valence-corrected chi connectivity index (χ0v) is 19.5.